The lowest BCUT2D eigenvalue weighted by Gasteiger charge is -2.26. The monoisotopic (exact) mass is 473 g/mol. The van der Waals surface area contributed by atoms with Gasteiger partial charge in [0.25, 0.3) is 5.91 Å². The molecule has 0 spiro atoms. The molecule has 0 saturated heterocycles. The van der Waals surface area contributed by atoms with Gasteiger partial charge in [0.05, 0.1) is 17.0 Å². The summed E-state index contributed by atoms with van der Waals surface area (Å²) in [6.07, 6.45) is 1.62. The van der Waals surface area contributed by atoms with Gasteiger partial charge in [-0.25, -0.2) is 4.98 Å². The molecule has 0 bridgehead atoms. The Balaban J connectivity index is 1.60. The third-order valence-electron chi connectivity index (χ3n) is 6.52. The van der Waals surface area contributed by atoms with Crippen molar-refractivity contribution in [2.24, 2.45) is 5.92 Å². The number of aryl methyl sites for hydroxylation is 1. The maximum atomic E-state index is 13.2. The average molecular weight is 473 g/mol. The summed E-state index contributed by atoms with van der Waals surface area (Å²) in [5, 5.41) is 12.9. The number of carbonyl (C=O) groups is 2. The molecule has 34 heavy (non-hydrogen) atoms. The van der Waals surface area contributed by atoms with Crippen LogP contribution in [0, 0.1) is 5.92 Å². The summed E-state index contributed by atoms with van der Waals surface area (Å²) in [6.45, 7) is 2.54. The third kappa shape index (κ3) is 4.93. The number of alkyl halides is 3. The van der Waals surface area contributed by atoms with Crippen LogP contribution in [-0.4, -0.2) is 32.6 Å². The van der Waals surface area contributed by atoms with Gasteiger partial charge in [-0.1, -0.05) is 12.1 Å². The third-order valence-corrected chi connectivity index (χ3v) is 6.52. The molecule has 9 heteroatoms. The van der Waals surface area contributed by atoms with Crippen LogP contribution in [0.3, 0.4) is 0 Å². The molecule has 0 unspecified atom stereocenters. The summed E-state index contributed by atoms with van der Waals surface area (Å²) in [5.41, 5.74) is 1.91. The lowest BCUT2D eigenvalue weighted by atomic mass is 9.86. The fourth-order valence-electron chi connectivity index (χ4n) is 4.62. The lowest BCUT2D eigenvalue weighted by Crippen LogP contribution is -2.38. The number of carboxylic acid groups (broad SMARTS) is 1. The zero-order valence-electron chi connectivity index (χ0n) is 18.7. The molecule has 0 atom stereocenters. The Kier molecular flexibility index (Phi) is 6.63. The number of hydrogen-bond acceptors (Lipinski definition) is 3. The quantitative estimate of drug-likeness (QED) is 0.526. The van der Waals surface area contributed by atoms with Crippen LogP contribution in [0.1, 0.15) is 59.7 Å². The molecule has 1 aliphatic rings. The number of aromatic nitrogens is 2. The summed E-state index contributed by atoms with van der Waals surface area (Å²) < 4.78 is 40.6. The van der Waals surface area contributed by atoms with Crippen LogP contribution in [0.15, 0.2) is 42.7 Å². The predicted molar refractivity (Wildman–Crippen MR) is 121 cm³/mol. The molecule has 2 aromatic heterocycles. The summed E-state index contributed by atoms with van der Waals surface area (Å²) in [4.78, 5) is 28.9. The van der Waals surface area contributed by atoms with Crippen LogP contribution in [0.5, 0.6) is 0 Å². The molecule has 3 aromatic rings. The van der Waals surface area contributed by atoms with Crippen molar-refractivity contribution < 1.29 is 27.9 Å². The maximum Gasteiger partial charge on any atom is 0.416 e. The van der Waals surface area contributed by atoms with Gasteiger partial charge in [-0.3, -0.25) is 9.59 Å². The van der Waals surface area contributed by atoms with E-state index in [1.165, 1.54) is 12.1 Å². The normalized spacial score (nSPS) is 18.7. The van der Waals surface area contributed by atoms with Crippen molar-refractivity contribution in [1.29, 1.82) is 0 Å². The molecule has 2 heterocycles. The number of carboxylic acids is 1. The average Bonchev–Trinajstić information content (AvgIpc) is 3.19. The molecule has 1 aromatic carbocycles. The molecule has 1 amide bonds. The Bertz CT molecular complexity index is 1190. The standard InChI is InChI=1S/C25H26F3N3O3/c1-2-31-14-20(23(32)30-19-9-5-16(6-10-19)24(33)34)21-17(11-12-29-22(21)31)13-15-3-7-18(8-4-15)25(26,27)28/h3-4,7-8,11-12,14,16,19H,2,5-6,9-10,13H2,1H3,(H,30,32)(H,33,34). The van der Waals surface area contributed by atoms with Gasteiger partial charge in [-0.2, -0.15) is 13.2 Å². The van der Waals surface area contributed by atoms with Crippen LogP contribution < -0.4 is 5.32 Å². The Morgan fingerprint density at radius 1 is 1.12 bits per heavy atom. The number of pyridine rings is 1. The predicted octanol–water partition coefficient (Wildman–Crippen LogP) is 5.04. The van der Waals surface area contributed by atoms with Crippen LogP contribution in [0.25, 0.3) is 11.0 Å². The molecule has 6 nitrogen and oxygen atoms in total. The SMILES string of the molecule is CCn1cc(C(=O)NC2CCC(C(=O)O)CC2)c2c(Cc3ccc(C(F)(F)F)cc3)ccnc21. The van der Waals surface area contributed by atoms with Crippen LogP contribution in [-0.2, 0) is 23.9 Å². The lowest BCUT2D eigenvalue weighted by molar-refractivity contribution is -0.143. The van der Waals surface area contributed by atoms with Crippen molar-refractivity contribution >= 4 is 22.9 Å². The highest BCUT2D eigenvalue weighted by Gasteiger charge is 2.30. The van der Waals surface area contributed by atoms with Crippen molar-refractivity contribution in [2.45, 2.75) is 57.8 Å². The van der Waals surface area contributed by atoms with Gasteiger partial charge in [-0.15, -0.1) is 0 Å². The molecule has 2 N–H and O–H groups in total. The van der Waals surface area contributed by atoms with E-state index in [0.717, 1.165) is 17.7 Å². The minimum atomic E-state index is -4.39. The highest BCUT2D eigenvalue weighted by Crippen LogP contribution is 2.31. The molecule has 0 aliphatic heterocycles. The number of amides is 1. The second-order valence-electron chi connectivity index (χ2n) is 8.73. The second-order valence-corrected chi connectivity index (χ2v) is 8.73. The van der Waals surface area contributed by atoms with Crippen LogP contribution in [0.2, 0.25) is 0 Å². The van der Waals surface area contributed by atoms with Gasteiger partial charge >= 0.3 is 12.1 Å². The molecule has 4 rings (SSSR count). The van der Waals surface area contributed by atoms with Gasteiger partial charge in [-0.05, 0) is 68.4 Å². The van der Waals surface area contributed by atoms with E-state index < -0.39 is 17.7 Å². The van der Waals surface area contributed by atoms with Gasteiger partial charge in [0.15, 0.2) is 0 Å². The fraction of sp³-hybridized carbons (Fsp3) is 0.400. The first-order valence-corrected chi connectivity index (χ1v) is 11.3. The molecule has 1 saturated carbocycles. The van der Waals surface area contributed by atoms with E-state index in [2.05, 4.69) is 10.3 Å². The van der Waals surface area contributed by atoms with Gasteiger partial charge < -0.3 is 15.0 Å². The number of rotatable bonds is 6. The van der Waals surface area contributed by atoms with Crippen molar-refractivity contribution in [1.82, 2.24) is 14.9 Å². The van der Waals surface area contributed by atoms with E-state index in [4.69, 9.17) is 0 Å². The molecule has 180 valence electrons. The van der Waals surface area contributed by atoms with E-state index in [-0.39, 0.29) is 17.9 Å². The summed E-state index contributed by atoms with van der Waals surface area (Å²) in [5.74, 6) is -1.41. The fourth-order valence-corrected chi connectivity index (χ4v) is 4.62. The number of nitrogens with zero attached hydrogens (tertiary/aromatic N) is 2. The summed E-state index contributed by atoms with van der Waals surface area (Å²) >= 11 is 0. The van der Waals surface area contributed by atoms with Gasteiger partial charge in [0, 0.05) is 30.4 Å². The van der Waals surface area contributed by atoms with E-state index in [0.29, 0.717) is 60.8 Å². The maximum absolute atomic E-state index is 13.2. The largest absolute Gasteiger partial charge is 0.481 e. The first-order chi connectivity index (χ1) is 16.2. The number of halogens is 3. The van der Waals surface area contributed by atoms with Gasteiger partial charge in [0.1, 0.15) is 5.65 Å². The Labute approximate surface area is 194 Å². The first-order valence-electron chi connectivity index (χ1n) is 11.3. The zero-order chi connectivity index (χ0) is 24.5. The van der Waals surface area contributed by atoms with Gasteiger partial charge in [0.2, 0.25) is 0 Å². The Morgan fingerprint density at radius 3 is 2.38 bits per heavy atom. The van der Waals surface area contributed by atoms with Crippen molar-refractivity contribution in [3.05, 3.63) is 65.0 Å². The van der Waals surface area contributed by atoms with Crippen LogP contribution >= 0.6 is 0 Å². The minimum absolute atomic E-state index is 0.0989. The molecular weight excluding hydrogens is 447 g/mol. The molecule has 1 fully saturated rings. The van der Waals surface area contributed by atoms with Crippen LogP contribution in [0.4, 0.5) is 13.2 Å². The zero-order valence-corrected chi connectivity index (χ0v) is 18.7. The number of benzene rings is 1. The van der Waals surface area contributed by atoms with Crippen molar-refractivity contribution in [3.63, 3.8) is 0 Å². The summed E-state index contributed by atoms with van der Waals surface area (Å²) in [6, 6.07) is 6.71. The Morgan fingerprint density at radius 2 is 1.79 bits per heavy atom. The number of hydrogen-bond donors (Lipinski definition) is 2. The number of nitrogens with one attached hydrogen (secondary N) is 1. The van der Waals surface area contributed by atoms with E-state index >= 15 is 0 Å². The van der Waals surface area contributed by atoms with E-state index in [1.54, 1.807) is 18.5 Å². The first kappa shape index (κ1) is 23.8. The van der Waals surface area contributed by atoms with E-state index in [1.807, 2.05) is 11.5 Å². The summed E-state index contributed by atoms with van der Waals surface area (Å²) in [7, 11) is 0. The van der Waals surface area contributed by atoms with Crippen molar-refractivity contribution in [2.75, 3.05) is 0 Å². The number of aliphatic carboxylic acids is 1. The highest BCUT2D eigenvalue weighted by atomic mass is 19.4. The van der Waals surface area contributed by atoms with Crippen molar-refractivity contribution in [3.8, 4) is 0 Å². The number of fused-ring (bicyclic) bond motifs is 1. The topological polar surface area (TPSA) is 84.2 Å². The molecule has 0 radical (unpaired) electrons. The highest BCUT2D eigenvalue weighted by molar-refractivity contribution is 6.07. The smallest absolute Gasteiger partial charge is 0.416 e. The minimum Gasteiger partial charge on any atom is -0.481 e. The number of carbonyl (C=O) groups excluding carboxylic acids is 1. The molecular formula is C25H26F3N3O3. The second kappa shape index (κ2) is 9.48. The Hall–Kier alpha value is -3.36. The van der Waals surface area contributed by atoms with E-state index in [9.17, 15) is 27.9 Å². The molecule has 1 aliphatic carbocycles.